The van der Waals surface area contributed by atoms with E-state index in [1.807, 2.05) is 6.20 Å². The predicted molar refractivity (Wildman–Crippen MR) is 69.8 cm³/mol. The predicted octanol–water partition coefficient (Wildman–Crippen LogP) is 1.29. The van der Waals surface area contributed by atoms with Crippen LogP contribution >= 0.6 is 11.3 Å². The standard InChI is InChI=1S/C11H20N4OS/c1-15(6-9-3-2-4-16-8-9)7-10-5-13-11(14-12)17-10/h5,9H,2-4,6-8,12H2,1H3,(H,13,14). The van der Waals surface area contributed by atoms with E-state index in [2.05, 4.69) is 22.4 Å². The summed E-state index contributed by atoms with van der Waals surface area (Å²) in [5.41, 5.74) is 2.57. The first-order valence-corrected chi connectivity index (χ1v) is 6.77. The summed E-state index contributed by atoms with van der Waals surface area (Å²) in [5, 5.41) is 0.773. The molecule has 0 radical (unpaired) electrons. The van der Waals surface area contributed by atoms with Crippen LogP contribution in [0.1, 0.15) is 17.7 Å². The molecule has 6 heteroatoms. The Bertz CT molecular complexity index is 338. The molecule has 0 aromatic carbocycles. The zero-order chi connectivity index (χ0) is 12.1. The van der Waals surface area contributed by atoms with E-state index in [0.29, 0.717) is 5.92 Å². The molecule has 3 N–H and O–H groups in total. The summed E-state index contributed by atoms with van der Waals surface area (Å²) in [6, 6.07) is 0. The molecule has 1 aliphatic heterocycles. The Kier molecular flexibility index (Phi) is 4.73. The summed E-state index contributed by atoms with van der Waals surface area (Å²) >= 11 is 1.60. The largest absolute Gasteiger partial charge is 0.381 e. The molecule has 2 rings (SSSR count). The zero-order valence-corrected chi connectivity index (χ0v) is 11.0. The van der Waals surface area contributed by atoms with Gasteiger partial charge in [0.05, 0.1) is 6.61 Å². The van der Waals surface area contributed by atoms with Gasteiger partial charge in [0.1, 0.15) is 0 Å². The van der Waals surface area contributed by atoms with Crippen LogP contribution in [-0.4, -0.2) is 36.7 Å². The normalized spacial score (nSPS) is 20.8. The third-order valence-electron chi connectivity index (χ3n) is 2.93. The van der Waals surface area contributed by atoms with E-state index in [0.717, 1.165) is 31.4 Å². The maximum atomic E-state index is 5.49. The number of rotatable bonds is 5. The zero-order valence-electron chi connectivity index (χ0n) is 10.2. The van der Waals surface area contributed by atoms with E-state index in [1.54, 1.807) is 11.3 Å². The van der Waals surface area contributed by atoms with Crippen molar-refractivity contribution in [2.24, 2.45) is 11.8 Å². The average molecular weight is 256 g/mol. The molecule has 1 aromatic rings. The molecular formula is C11H20N4OS. The van der Waals surface area contributed by atoms with Crippen molar-refractivity contribution >= 4 is 16.5 Å². The van der Waals surface area contributed by atoms with Gasteiger partial charge in [-0.05, 0) is 25.8 Å². The first-order chi connectivity index (χ1) is 8.28. The number of aromatic nitrogens is 1. The summed E-state index contributed by atoms with van der Waals surface area (Å²) in [6.07, 6.45) is 4.36. The van der Waals surface area contributed by atoms with Gasteiger partial charge >= 0.3 is 0 Å². The van der Waals surface area contributed by atoms with Crippen LogP contribution in [0, 0.1) is 5.92 Å². The highest BCUT2D eigenvalue weighted by molar-refractivity contribution is 7.15. The van der Waals surface area contributed by atoms with Gasteiger partial charge in [-0.1, -0.05) is 11.3 Å². The maximum Gasteiger partial charge on any atom is 0.197 e. The third-order valence-corrected chi connectivity index (χ3v) is 3.84. The lowest BCUT2D eigenvalue weighted by atomic mass is 10.0. The second-order valence-corrected chi connectivity index (χ2v) is 5.67. The van der Waals surface area contributed by atoms with Crippen LogP contribution in [0.5, 0.6) is 0 Å². The van der Waals surface area contributed by atoms with E-state index < -0.39 is 0 Å². The summed E-state index contributed by atoms with van der Waals surface area (Å²) in [5.74, 6) is 5.99. The number of hydrogen-bond donors (Lipinski definition) is 2. The number of nitrogens with two attached hydrogens (primary N) is 1. The number of hydrogen-bond acceptors (Lipinski definition) is 6. The maximum absolute atomic E-state index is 5.49. The SMILES string of the molecule is CN(Cc1cnc(NN)s1)CC1CCCOC1. The smallest absolute Gasteiger partial charge is 0.197 e. The van der Waals surface area contributed by atoms with E-state index >= 15 is 0 Å². The molecule has 0 spiro atoms. The summed E-state index contributed by atoms with van der Waals surface area (Å²) < 4.78 is 5.49. The Balaban J connectivity index is 1.77. The minimum atomic E-state index is 0.675. The number of nitrogens with one attached hydrogen (secondary N) is 1. The van der Waals surface area contributed by atoms with Crippen LogP contribution in [0.25, 0.3) is 0 Å². The van der Waals surface area contributed by atoms with Gasteiger partial charge < -0.3 is 9.64 Å². The Labute approximate surface area is 106 Å². The Hall–Kier alpha value is -0.690. The fourth-order valence-electron chi connectivity index (χ4n) is 2.17. The molecule has 96 valence electrons. The Morgan fingerprint density at radius 2 is 2.59 bits per heavy atom. The number of hydrazine groups is 1. The van der Waals surface area contributed by atoms with Crippen molar-refractivity contribution in [2.75, 3.05) is 32.2 Å². The van der Waals surface area contributed by atoms with E-state index in [-0.39, 0.29) is 0 Å². The van der Waals surface area contributed by atoms with Crippen LogP contribution in [0.2, 0.25) is 0 Å². The van der Waals surface area contributed by atoms with Crippen LogP contribution in [0.15, 0.2) is 6.20 Å². The van der Waals surface area contributed by atoms with Crippen molar-refractivity contribution in [2.45, 2.75) is 19.4 Å². The second-order valence-electron chi connectivity index (χ2n) is 4.56. The molecule has 2 heterocycles. The van der Waals surface area contributed by atoms with E-state index in [4.69, 9.17) is 10.6 Å². The lowest BCUT2D eigenvalue weighted by molar-refractivity contribution is 0.0412. The van der Waals surface area contributed by atoms with Crippen molar-refractivity contribution in [3.05, 3.63) is 11.1 Å². The molecule has 1 aliphatic rings. The first kappa shape index (κ1) is 12.8. The molecule has 5 nitrogen and oxygen atoms in total. The highest BCUT2D eigenvalue weighted by Gasteiger charge is 2.16. The van der Waals surface area contributed by atoms with Gasteiger partial charge in [-0.25, -0.2) is 10.8 Å². The molecule has 0 amide bonds. The number of ether oxygens (including phenoxy) is 1. The number of nitrogens with zero attached hydrogens (tertiary/aromatic N) is 2. The lowest BCUT2D eigenvalue weighted by Gasteiger charge is -2.26. The van der Waals surface area contributed by atoms with Crippen molar-refractivity contribution in [3.8, 4) is 0 Å². The van der Waals surface area contributed by atoms with Gasteiger partial charge in [0.2, 0.25) is 0 Å². The average Bonchev–Trinajstić information content (AvgIpc) is 2.78. The fourth-order valence-corrected chi connectivity index (χ4v) is 2.97. The minimum Gasteiger partial charge on any atom is -0.381 e. The number of anilines is 1. The third kappa shape index (κ3) is 3.92. The summed E-state index contributed by atoms with van der Waals surface area (Å²) in [4.78, 5) is 7.73. The molecule has 1 fully saturated rings. The molecule has 1 atom stereocenters. The molecular weight excluding hydrogens is 236 g/mol. The van der Waals surface area contributed by atoms with Crippen molar-refractivity contribution < 1.29 is 4.74 Å². The van der Waals surface area contributed by atoms with Gasteiger partial charge in [-0.3, -0.25) is 5.43 Å². The Morgan fingerprint density at radius 3 is 3.24 bits per heavy atom. The monoisotopic (exact) mass is 256 g/mol. The van der Waals surface area contributed by atoms with Gasteiger partial charge in [0.25, 0.3) is 0 Å². The van der Waals surface area contributed by atoms with Crippen LogP contribution in [0.4, 0.5) is 5.13 Å². The molecule has 1 saturated heterocycles. The lowest BCUT2D eigenvalue weighted by Crippen LogP contribution is -2.30. The number of thiazole rings is 1. The molecule has 0 saturated carbocycles. The minimum absolute atomic E-state index is 0.675. The van der Waals surface area contributed by atoms with Crippen molar-refractivity contribution in [1.29, 1.82) is 0 Å². The molecule has 1 unspecified atom stereocenters. The van der Waals surface area contributed by atoms with Crippen molar-refractivity contribution in [3.63, 3.8) is 0 Å². The van der Waals surface area contributed by atoms with E-state index in [1.165, 1.54) is 17.7 Å². The van der Waals surface area contributed by atoms with Crippen molar-refractivity contribution in [1.82, 2.24) is 9.88 Å². The molecule has 0 aliphatic carbocycles. The molecule has 0 bridgehead atoms. The quantitative estimate of drug-likeness (QED) is 0.614. The second kappa shape index (κ2) is 6.30. The van der Waals surface area contributed by atoms with Gasteiger partial charge in [0, 0.05) is 30.8 Å². The molecule has 1 aromatic heterocycles. The fraction of sp³-hybridized carbons (Fsp3) is 0.727. The highest BCUT2D eigenvalue weighted by Crippen LogP contribution is 2.20. The van der Waals surface area contributed by atoms with Gasteiger partial charge in [0.15, 0.2) is 5.13 Å². The van der Waals surface area contributed by atoms with Crippen LogP contribution < -0.4 is 11.3 Å². The highest BCUT2D eigenvalue weighted by atomic mass is 32.1. The molecule has 17 heavy (non-hydrogen) atoms. The van der Waals surface area contributed by atoms with Gasteiger partial charge in [-0.15, -0.1) is 0 Å². The number of nitrogen functional groups attached to an aromatic ring is 1. The van der Waals surface area contributed by atoms with Crippen LogP contribution in [-0.2, 0) is 11.3 Å². The summed E-state index contributed by atoms with van der Waals surface area (Å²) in [6.45, 7) is 3.85. The van der Waals surface area contributed by atoms with E-state index in [9.17, 15) is 0 Å². The van der Waals surface area contributed by atoms with Crippen LogP contribution in [0.3, 0.4) is 0 Å². The van der Waals surface area contributed by atoms with Gasteiger partial charge in [-0.2, -0.15) is 0 Å². The first-order valence-electron chi connectivity index (χ1n) is 5.95. The topological polar surface area (TPSA) is 63.4 Å². The Morgan fingerprint density at radius 1 is 1.71 bits per heavy atom. The summed E-state index contributed by atoms with van der Waals surface area (Å²) in [7, 11) is 2.14.